The molecule has 1 aliphatic rings. The number of anilines is 1. The molecule has 6 heteroatoms. The highest BCUT2D eigenvalue weighted by Gasteiger charge is 2.33. The summed E-state index contributed by atoms with van der Waals surface area (Å²) in [6, 6.07) is 2.06. The molecule has 3 N–H and O–H groups in total. The van der Waals surface area contributed by atoms with Gasteiger partial charge in [0.1, 0.15) is 5.52 Å². The molecule has 1 fully saturated rings. The van der Waals surface area contributed by atoms with E-state index in [9.17, 15) is 0 Å². The van der Waals surface area contributed by atoms with Crippen LogP contribution in [0.3, 0.4) is 0 Å². The van der Waals surface area contributed by atoms with Gasteiger partial charge in [0.2, 0.25) is 0 Å². The second kappa shape index (κ2) is 4.47. The maximum Gasteiger partial charge on any atom is 0.154 e. The van der Waals surface area contributed by atoms with E-state index in [2.05, 4.69) is 28.0 Å². The quantitative estimate of drug-likeness (QED) is 0.642. The first kappa shape index (κ1) is 12.9. The molecular formula is C14H20N6. The Labute approximate surface area is 118 Å². The largest absolute Gasteiger partial charge is 0.387 e. The molecule has 0 atom stereocenters. The molecular weight excluding hydrogens is 252 g/mol. The van der Waals surface area contributed by atoms with E-state index in [0.29, 0.717) is 5.84 Å². The summed E-state index contributed by atoms with van der Waals surface area (Å²) < 4.78 is 1.87. The third-order valence-electron chi connectivity index (χ3n) is 4.31. The fraction of sp³-hybridized carbons (Fsp3) is 0.500. The van der Waals surface area contributed by atoms with Gasteiger partial charge < -0.3 is 10.6 Å². The van der Waals surface area contributed by atoms with Crippen molar-refractivity contribution in [3.8, 4) is 0 Å². The van der Waals surface area contributed by atoms with Crippen LogP contribution in [0.5, 0.6) is 0 Å². The first-order valence-corrected chi connectivity index (χ1v) is 6.90. The molecule has 0 saturated carbocycles. The number of hydrogen-bond acceptors (Lipinski definition) is 4. The first-order valence-electron chi connectivity index (χ1n) is 6.90. The summed E-state index contributed by atoms with van der Waals surface area (Å²) in [5.74, 6) is 1.27. The molecule has 2 aromatic rings. The molecule has 0 bridgehead atoms. The van der Waals surface area contributed by atoms with Crippen LogP contribution in [-0.4, -0.2) is 33.5 Å². The number of hydrogen-bond donors (Lipinski definition) is 2. The van der Waals surface area contributed by atoms with Gasteiger partial charge in [0.05, 0.1) is 11.5 Å². The van der Waals surface area contributed by atoms with Gasteiger partial charge in [-0.1, -0.05) is 6.92 Å². The summed E-state index contributed by atoms with van der Waals surface area (Å²) in [5, 5.41) is 12.1. The fourth-order valence-electron chi connectivity index (χ4n) is 2.76. The monoisotopic (exact) mass is 272 g/mol. The van der Waals surface area contributed by atoms with Gasteiger partial charge in [0, 0.05) is 30.9 Å². The van der Waals surface area contributed by atoms with Gasteiger partial charge in [-0.25, -0.2) is 9.50 Å². The topological polar surface area (TPSA) is 83.3 Å². The lowest BCUT2D eigenvalue weighted by molar-refractivity contribution is 0.350. The van der Waals surface area contributed by atoms with Crippen molar-refractivity contribution < 1.29 is 0 Å². The lowest BCUT2D eigenvalue weighted by atomic mass is 9.79. The number of nitrogens with zero attached hydrogens (tertiary/aromatic N) is 4. The molecule has 3 heterocycles. The molecule has 0 unspecified atom stereocenters. The maximum atomic E-state index is 7.72. The Balaban J connectivity index is 1.89. The van der Waals surface area contributed by atoms with Crippen LogP contribution in [0.25, 0.3) is 5.52 Å². The van der Waals surface area contributed by atoms with Gasteiger partial charge in [-0.3, -0.25) is 5.41 Å². The molecule has 0 spiro atoms. The van der Waals surface area contributed by atoms with Crippen LogP contribution in [0, 0.1) is 17.7 Å². The highest BCUT2D eigenvalue weighted by Crippen LogP contribution is 2.33. The van der Waals surface area contributed by atoms with Crippen LogP contribution in [0.1, 0.15) is 25.5 Å². The Morgan fingerprint density at radius 2 is 2.10 bits per heavy atom. The van der Waals surface area contributed by atoms with Crippen LogP contribution in [-0.2, 0) is 0 Å². The van der Waals surface area contributed by atoms with Crippen molar-refractivity contribution in [1.29, 1.82) is 5.41 Å². The van der Waals surface area contributed by atoms with E-state index in [4.69, 9.17) is 11.1 Å². The van der Waals surface area contributed by atoms with Gasteiger partial charge in [0.25, 0.3) is 0 Å². The number of aryl methyl sites for hydroxylation is 1. The molecule has 6 nitrogen and oxygen atoms in total. The zero-order valence-corrected chi connectivity index (χ0v) is 11.9. The lowest BCUT2D eigenvalue weighted by Crippen LogP contribution is -2.45. The number of amidine groups is 1. The Morgan fingerprint density at radius 3 is 2.75 bits per heavy atom. The van der Waals surface area contributed by atoms with E-state index >= 15 is 0 Å². The number of fused-ring (bicyclic) bond motifs is 1. The summed E-state index contributed by atoms with van der Waals surface area (Å²) in [7, 11) is 0. The normalized spacial score (nSPS) is 18.4. The van der Waals surface area contributed by atoms with Crippen molar-refractivity contribution in [3.63, 3.8) is 0 Å². The highest BCUT2D eigenvalue weighted by molar-refractivity contribution is 5.83. The van der Waals surface area contributed by atoms with Crippen LogP contribution in [0.15, 0.2) is 18.5 Å². The van der Waals surface area contributed by atoms with Crippen LogP contribution >= 0.6 is 0 Å². The minimum atomic E-state index is -0.169. The SMILES string of the molecule is Cc1cc2c(N3CCC(C)(C(=N)N)CC3)nccn2n1. The molecule has 3 rings (SSSR count). The van der Waals surface area contributed by atoms with E-state index in [1.54, 1.807) is 6.20 Å². The fourth-order valence-corrected chi connectivity index (χ4v) is 2.76. The summed E-state index contributed by atoms with van der Waals surface area (Å²) in [5.41, 5.74) is 7.57. The van der Waals surface area contributed by atoms with Gasteiger partial charge >= 0.3 is 0 Å². The Morgan fingerprint density at radius 1 is 1.40 bits per heavy atom. The third kappa shape index (κ3) is 2.01. The van der Waals surface area contributed by atoms with Gasteiger partial charge in [-0.05, 0) is 25.8 Å². The predicted octanol–water partition coefficient (Wildman–Crippen LogP) is 1.58. The zero-order valence-electron chi connectivity index (χ0n) is 11.9. The molecule has 0 radical (unpaired) electrons. The van der Waals surface area contributed by atoms with E-state index < -0.39 is 0 Å². The van der Waals surface area contributed by atoms with Crippen LogP contribution in [0.4, 0.5) is 5.82 Å². The maximum absolute atomic E-state index is 7.72. The first-order chi connectivity index (χ1) is 9.49. The number of piperidine rings is 1. The summed E-state index contributed by atoms with van der Waals surface area (Å²) in [6.07, 6.45) is 5.43. The molecule has 2 aromatic heterocycles. The number of nitrogens with one attached hydrogen (secondary N) is 1. The summed E-state index contributed by atoms with van der Waals surface area (Å²) >= 11 is 0. The molecule has 106 valence electrons. The van der Waals surface area contributed by atoms with Gasteiger partial charge in [-0.15, -0.1) is 0 Å². The average molecular weight is 272 g/mol. The third-order valence-corrected chi connectivity index (χ3v) is 4.31. The van der Waals surface area contributed by atoms with Crippen molar-refractivity contribution in [2.45, 2.75) is 26.7 Å². The smallest absolute Gasteiger partial charge is 0.154 e. The number of nitrogens with two attached hydrogens (primary N) is 1. The molecule has 0 aromatic carbocycles. The minimum absolute atomic E-state index is 0.169. The van der Waals surface area contributed by atoms with E-state index in [-0.39, 0.29) is 5.41 Å². The standard InChI is InChI=1S/C14H20N6/c1-10-9-11-12(17-5-8-20(11)18-10)19-6-3-14(2,4-7-19)13(15)16/h5,8-9H,3-4,6-7H2,1-2H3,(H3,15,16). The summed E-state index contributed by atoms with van der Waals surface area (Å²) in [4.78, 5) is 6.78. The minimum Gasteiger partial charge on any atom is -0.387 e. The molecule has 0 amide bonds. The van der Waals surface area contributed by atoms with Crippen molar-refractivity contribution in [2.24, 2.45) is 11.1 Å². The van der Waals surface area contributed by atoms with E-state index in [0.717, 1.165) is 43.0 Å². The van der Waals surface area contributed by atoms with E-state index in [1.807, 2.05) is 17.6 Å². The summed E-state index contributed by atoms with van der Waals surface area (Å²) in [6.45, 7) is 5.80. The Bertz CT molecular complexity index is 651. The van der Waals surface area contributed by atoms with Crippen molar-refractivity contribution in [3.05, 3.63) is 24.2 Å². The lowest BCUT2D eigenvalue weighted by Gasteiger charge is -2.39. The highest BCUT2D eigenvalue weighted by atomic mass is 15.3. The molecule has 1 aliphatic heterocycles. The Hall–Kier alpha value is -2.11. The van der Waals surface area contributed by atoms with Crippen molar-refractivity contribution >= 4 is 17.2 Å². The van der Waals surface area contributed by atoms with Crippen LogP contribution < -0.4 is 10.6 Å². The number of aromatic nitrogens is 3. The molecule has 0 aliphatic carbocycles. The Kier molecular flexibility index (Phi) is 2.88. The second-order valence-corrected chi connectivity index (χ2v) is 5.83. The van der Waals surface area contributed by atoms with Gasteiger partial charge in [-0.2, -0.15) is 5.10 Å². The van der Waals surface area contributed by atoms with E-state index in [1.165, 1.54) is 0 Å². The number of rotatable bonds is 2. The second-order valence-electron chi connectivity index (χ2n) is 5.83. The average Bonchev–Trinajstić information content (AvgIpc) is 2.79. The van der Waals surface area contributed by atoms with Crippen molar-refractivity contribution in [2.75, 3.05) is 18.0 Å². The van der Waals surface area contributed by atoms with Crippen molar-refractivity contribution in [1.82, 2.24) is 14.6 Å². The zero-order chi connectivity index (χ0) is 14.3. The molecule has 1 saturated heterocycles. The van der Waals surface area contributed by atoms with Crippen LogP contribution in [0.2, 0.25) is 0 Å². The predicted molar refractivity (Wildman–Crippen MR) is 79.2 cm³/mol. The molecule has 20 heavy (non-hydrogen) atoms. The van der Waals surface area contributed by atoms with Gasteiger partial charge in [0.15, 0.2) is 5.82 Å².